The Kier molecular flexibility index (Phi) is 6.57. The third-order valence-corrected chi connectivity index (χ3v) is 7.91. The van der Waals surface area contributed by atoms with E-state index in [4.69, 9.17) is 10.1 Å². The van der Waals surface area contributed by atoms with Crippen molar-refractivity contribution in [3.63, 3.8) is 0 Å². The molecule has 202 valence electrons. The molecule has 2 aromatic carbocycles. The van der Waals surface area contributed by atoms with Gasteiger partial charge in [0.25, 0.3) is 0 Å². The Hall–Kier alpha value is -3.80. The first-order valence-corrected chi connectivity index (χ1v) is 13.5. The number of anilines is 1. The van der Waals surface area contributed by atoms with Crippen LogP contribution < -0.4 is 4.90 Å². The molecular weight excluding hydrogens is 530 g/mol. The molecular formula is C27H25F4N7S. The van der Waals surface area contributed by atoms with Crippen LogP contribution in [-0.2, 0) is 12.7 Å². The van der Waals surface area contributed by atoms with Gasteiger partial charge in [0, 0.05) is 43.0 Å². The van der Waals surface area contributed by atoms with Crippen LogP contribution in [0.25, 0.3) is 22.8 Å². The van der Waals surface area contributed by atoms with Crippen molar-refractivity contribution in [2.45, 2.75) is 32.5 Å². The highest BCUT2D eigenvalue weighted by Crippen LogP contribution is 2.37. The average molecular weight is 556 g/mol. The summed E-state index contributed by atoms with van der Waals surface area (Å²) >= 11 is 0.578. The molecule has 0 atom stereocenters. The fourth-order valence-corrected chi connectivity index (χ4v) is 5.41. The van der Waals surface area contributed by atoms with Crippen LogP contribution in [0.3, 0.4) is 0 Å². The highest BCUT2D eigenvalue weighted by atomic mass is 32.1. The third kappa shape index (κ3) is 5.51. The molecule has 0 bridgehead atoms. The van der Waals surface area contributed by atoms with Gasteiger partial charge in [0.1, 0.15) is 5.82 Å². The summed E-state index contributed by atoms with van der Waals surface area (Å²) in [5, 5.41) is 11.3. The predicted molar refractivity (Wildman–Crippen MR) is 141 cm³/mol. The molecule has 1 saturated heterocycles. The van der Waals surface area contributed by atoms with E-state index >= 15 is 0 Å². The minimum atomic E-state index is -4.49. The van der Waals surface area contributed by atoms with Crippen LogP contribution in [0.2, 0.25) is 0 Å². The summed E-state index contributed by atoms with van der Waals surface area (Å²) in [4.78, 5) is 8.97. The number of aryl methyl sites for hydroxylation is 1. The number of benzene rings is 2. The molecule has 39 heavy (non-hydrogen) atoms. The van der Waals surface area contributed by atoms with Gasteiger partial charge >= 0.3 is 6.18 Å². The van der Waals surface area contributed by atoms with Crippen molar-refractivity contribution in [2.24, 2.45) is 0 Å². The zero-order valence-corrected chi connectivity index (χ0v) is 21.9. The minimum Gasteiger partial charge on any atom is -0.370 e. The zero-order valence-electron chi connectivity index (χ0n) is 21.1. The van der Waals surface area contributed by atoms with Crippen LogP contribution in [0.1, 0.15) is 23.4 Å². The smallest absolute Gasteiger partial charge is 0.370 e. The molecule has 2 aromatic heterocycles. The number of halogens is 4. The zero-order chi connectivity index (χ0) is 27.1. The molecule has 2 aliphatic rings. The monoisotopic (exact) mass is 555 g/mol. The van der Waals surface area contributed by atoms with E-state index < -0.39 is 11.2 Å². The highest BCUT2D eigenvalue weighted by Gasteiger charge is 2.37. The Morgan fingerprint density at radius 1 is 0.897 bits per heavy atom. The predicted octanol–water partition coefficient (Wildman–Crippen LogP) is 5.80. The Labute approximate surface area is 226 Å². The maximum Gasteiger partial charge on any atom is 0.445 e. The number of nitrogens with zero attached hydrogens (tertiary/aromatic N) is 7. The summed E-state index contributed by atoms with van der Waals surface area (Å²) in [6, 6.07) is 14.2. The van der Waals surface area contributed by atoms with Gasteiger partial charge in [-0.15, -0.1) is 10.2 Å². The number of alkyl halides is 3. The fraction of sp³-hybridized carbons (Fsp3) is 0.333. The summed E-state index contributed by atoms with van der Waals surface area (Å²) in [5.41, 5.74) is 5.30. The fourth-order valence-electron chi connectivity index (χ4n) is 4.64. The normalized spacial score (nSPS) is 15.7. The van der Waals surface area contributed by atoms with Crippen LogP contribution in [0, 0.1) is 12.7 Å². The molecule has 0 radical (unpaired) electrons. The molecule has 2 fully saturated rings. The first-order chi connectivity index (χ1) is 18.7. The molecule has 6 rings (SSSR count). The summed E-state index contributed by atoms with van der Waals surface area (Å²) in [6.45, 7) is 4.89. The molecule has 4 aromatic rings. The molecule has 0 unspecified atom stereocenters. The summed E-state index contributed by atoms with van der Waals surface area (Å²) in [6.07, 6.45) is -2.47. The van der Waals surface area contributed by atoms with Crippen LogP contribution in [0.5, 0.6) is 0 Å². The number of hydrogen-bond donors (Lipinski definition) is 0. The quantitative estimate of drug-likeness (QED) is 0.280. The number of allylic oxidation sites excluding steroid dienone is 2. The van der Waals surface area contributed by atoms with Gasteiger partial charge in [0.05, 0.1) is 6.54 Å². The van der Waals surface area contributed by atoms with Gasteiger partial charge in [0.2, 0.25) is 10.1 Å². The van der Waals surface area contributed by atoms with E-state index in [9.17, 15) is 17.6 Å². The Morgan fingerprint density at radius 2 is 1.56 bits per heavy atom. The van der Waals surface area contributed by atoms with Crippen molar-refractivity contribution in [3.8, 4) is 22.8 Å². The van der Waals surface area contributed by atoms with Gasteiger partial charge in [-0.1, -0.05) is 41.2 Å². The average Bonchev–Trinajstić information content (AvgIpc) is 3.46. The molecule has 1 aliphatic carbocycles. The molecule has 12 heteroatoms. The van der Waals surface area contributed by atoms with Gasteiger partial charge in [-0.3, -0.25) is 0 Å². The van der Waals surface area contributed by atoms with Gasteiger partial charge in [-0.05, 0) is 49.6 Å². The van der Waals surface area contributed by atoms with Gasteiger partial charge in [0.15, 0.2) is 11.6 Å². The lowest BCUT2D eigenvalue weighted by atomic mass is 10.1. The van der Waals surface area contributed by atoms with E-state index in [0.29, 0.717) is 60.8 Å². The number of hydrogen-bond acceptors (Lipinski definition) is 7. The molecule has 1 aliphatic heterocycles. The topological polar surface area (TPSA) is 63.0 Å². The summed E-state index contributed by atoms with van der Waals surface area (Å²) in [5.74, 6) is 0.924. The largest absolute Gasteiger partial charge is 0.445 e. The number of rotatable bonds is 6. The van der Waals surface area contributed by atoms with Gasteiger partial charge in [-0.2, -0.15) is 18.3 Å². The number of aromatic nitrogens is 5. The lowest BCUT2D eigenvalue weighted by Gasteiger charge is -2.37. The van der Waals surface area contributed by atoms with E-state index in [1.165, 1.54) is 17.7 Å². The summed E-state index contributed by atoms with van der Waals surface area (Å²) < 4.78 is 54.5. The van der Waals surface area contributed by atoms with Crippen molar-refractivity contribution in [1.82, 2.24) is 29.9 Å². The van der Waals surface area contributed by atoms with Crippen LogP contribution in [-0.4, -0.2) is 56.0 Å². The van der Waals surface area contributed by atoms with Crippen molar-refractivity contribution in [3.05, 3.63) is 76.2 Å². The van der Waals surface area contributed by atoms with Crippen molar-refractivity contribution in [2.75, 3.05) is 31.1 Å². The van der Waals surface area contributed by atoms with Gasteiger partial charge < -0.3 is 9.80 Å². The first-order valence-electron chi connectivity index (χ1n) is 12.6. The Balaban J connectivity index is 1.25. The van der Waals surface area contributed by atoms with E-state index in [2.05, 4.69) is 15.1 Å². The second kappa shape index (κ2) is 10.1. The second-order valence-corrected chi connectivity index (χ2v) is 10.7. The van der Waals surface area contributed by atoms with E-state index in [-0.39, 0.29) is 5.82 Å². The van der Waals surface area contributed by atoms with Crippen molar-refractivity contribution >= 4 is 16.5 Å². The second-order valence-electron chi connectivity index (χ2n) is 9.70. The van der Waals surface area contributed by atoms with E-state index in [0.717, 1.165) is 35.2 Å². The molecule has 0 amide bonds. The molecule has 0 spiro atoms. The third-order valence-electron chi connectivity index (χ3n) is 6.88. The maximum absolute atomic E-state index is 13.7. The highest BCUT2D eigenvalue weighted by molar-refractivity contribution is 7.15. The minimum absolute atomic E-state index is 0.292. The van der Waals surface area contributed by atoms with E-state index in [1.807, 2.05) is 40.8 Å². The Morgan fingerprint density at radius 3 is 2.18 bits per heavy atom. The summed E-state index contributed by atoms with van der Waals surface area (Å²) in [7, 11) is 0. The van der Waals surface area contributed by atoms with E-state index in [1.54, 1.807) is 12.1 Å². The lowest BCUT2D eigenvalue weighted by molar-refractivity contribution is -0.138. The number of piperazine rings is 1. The lowest BCUT2D eigenvalue weighted by Crippen LogP contribution is -2.46. The molecule has 3 heterocycles. The maximum atomic E-state index is 13.7. The SMILES string of the molecule is Cc1ccc(-c2nc(-c3ccc(F)cc3)n(CC(=C3CC3)N3CCN(c4nnc(C(F)(F)F)s4)CC3)n2)cc1. The van der Waals surface area contributed by atoms with Crippen LogP contribution >= 0.6 is 11.3 Å². The Bertz CT molecular complexity index is 1490. The molecule has 1 saturated carbocycles. The van der Waals surface area contributed by atoms with Crippen molar-refractivity contribution in [1.29, 1.82) is 0 Å². The standard InChI is InChI=1S/C27H25F4N7S/c1-17-2-4-19(5-3-17)23-32-24(20-8-10-21(28)11-9-20)38(35-23)16-22(18-6-7-18)36-12-14-37(15-13-36)26-34-33-25(39-26)27(29,30)31/h2-5,8-11H,6-7,12-16H2,1H3. The van der Waals surface area contributed by atoms with Crippen LogP contribution in [0.4, 0.5) is 22.7 Å². The van der Waals surface area contributed by atoms with Crippen molar-refractivity contribution < 1.29 is 17.6 Å². The van der Waals surface area contributed by atoms with Crippen LogP contribution in [0.15, 0.2) is 59.8 Å². The van der Waals surface area contributed by atoms with Gasteiger partial charge in [-0.25, -0.2) is 14.1 Å². The first kappa shape index (κ1) is 25.5. The molecule has 7 nitrogen and oxygen atoms in total. The molecule has 0 N–H and O–H groups in total.